The second kappa shape index (κ2) is 13.4. The lowest BCUT2D eigenvalue weighted by Gasteiger charge is -2.15. The van der Waals surface area contributed by atoms with Crippen LogP contribution in [0.25, 0.3) is 99.6 Å². The molecule has 0 aliphatic rings. The van der Waals surface area contributed by atoms with E-state index in [1.54, 1.807) is 0 Å². The first kappa shape index (κ1) is 31.6. The maximum Gasteiger partial charge on any atom is 0.160 e. The Balaban J connectivity index is 1.12. The highest BCUT2D eigenvalue weighted by Crippen LogP contribution is 2.40. The van der Waals surface area contributed by atoms with Gasteiger partial charge in [0, 0.05) is 16.7 Å². The largest absolute Gasteiger partial charge is 0.228 e. The van der Waals surface area contributed by atoms with E-state index < -0.39 is 0 Å². The molecule has 2 heteroatoms. The Hall–Kier alpha value is -7.16. The lowest BCUT2D eigenvalue weighted by molar-refractivity contribution is 1.18. The summed E-state index contributed by atoms with van der Waals surface area (Å²) in [6, 6.07) is 73.4. The van der Waals surface area contributed by atoms with Crippen molar-refractivity contribution >= 4 is 32.3 Å². The van der Waals surface area contributed by atoms with Crippen molar-refractivity contribution < 1.29 is 0 Å². The maximum absolute atomic E-state index is 5.24. The molecule has 0 atom stereocenters. The molecule has 10 aromatic rings. The Kier molecular flexibility index (Phi) is 7.85. The van der Waals surface area contributed by atoms with Gasteiger partial charge in [0.2, 0.25) is 0 Å². The Morgan fingerprint density at radius 1 is 0.259 bits per heavy atom. The SMILES string of the molecule is c1ccc(-c2ccc(-c3nc(-c4ccc(-c5c6ccccc6cc6c5ccc5ccccc56)cc4)cc(-c4ccccc4-c4ccccc4)n3)cc2)cc1. The lowest BCUT2D eigenvalue weighted by Crippen LogP contribution is -1.97. The molecule has 9 aromatic carbocycles. The molecule has 0 amide bonds. The molecule has 0 bridgehead atoms. The molecular formula is C52H34N2. The van der Waals surface area contributed by atoms with Crippen LogP contribution in [0.4, 0.5) is 0 Å². The average molecular weight is 687 g/mol. The standard InChI is InChI=1S/C52H34N2/c1-3-13-35(14-4-1)36-23-29-41(30-24-36)52-53-49(34-50(54-52)46-22-12-11-19-43(46)37-15-5-2-6-16-37)39-25-27-40(28-26-39)51-45-21-10-8-18-42(45)33-48-44-20-9-7-17-38(44)31-32-47(48)51/h1-34H. The number of benzene rings is 9. The smallest absolute Gasteiger partial charge is 0.160 e. The van der Waals surface area contributed by atoms with Gasteiger partial charge < -0.3 is 0 Å². The molecule has 1 aromatic heterocycles. The van der Waals surface area contributed by atoms with E-state index in [0.717, 1.165) is 44.8 Å². The molecule has 0 saturated heterocycles. The zero-order valence-corrected chi connectivity index (χ0v) is 29.5. The van der Waals surface area contributed by atoms with Crippen LogP contribution < -0.4 is 0 Å². The number of hydrogen-bond donors (Lipinski definition) is 0. The molecule has 252 valence electrons. The van der Waals surface area contributed by atoms with E-state index in [2.05, 4.69) is 200 Å². The normalized spacial score (nSPS) is 11.3. The summed E-state index contributed by atoms with van der Waals surface area (Å²) < 4.78 is 0. The van der Waals surface area contributed by atoms with Crippen LogP contribution in [0.15, 0.2) is 206 Å². The molecule has 0 fully saturated rings. The first-order chi connectivity index (χ1) is 26.8. The summed E-state index contributed by atoms with van der Waals surface area (Å²) in [6.45, 7) is 0. The highest BCUT2D eigenvalue weighted by molar-refractivity contribution is 6.20. The van der Waals surface area contributed by atoms with Crippen LogP contribution in [0, 0.1) is 0 Å². The quantitative estimate of drug-likeness (QED) is 0.129. The Morgan fingerprint density at radius 2 is 0.796 bits per heavy atom. The maximum atomic E-state index is 5.24. The van der Waals surface area contributed by atoms with E-state index in [9.17, 15) is 0 Å². The number of rotatable bonds is 6. The summed E-state index contributed by atoms with van der Waals surface area (Å²) in [4.78, 5) is 10.5. The minimum Gasteiger partial charge on any atom is -0.228 e. The van der Waals surface area contributed by atoms with E-state index in [1.165, 1.54) is 49.0 Å². The van der Waals surface area contributed by atoms with Crippen LogP contribution in [0.5, 0.6) is 0 Å². The third-order valence-corrected chi connectivity index (χ3v) is 10.5. The second-order valence-corrected chi connectivity index (χ2v) is 13.7. The number of fused-ring (bicyclic) bond motifs is 4. The van der Waals surface area contributed by atoms with Gasteiger partial charge in [0.05, 0.1) is 11.4 Å². The van der Waals surface area contributed by atoms with Crippen LogP contribution >= 0.6 is 0 Å². The van der Waals surface area contributed by atoms with Gasteiger partial charge in [-0.3, -0.25) is 0 Å². The fourth-order valence-electron chi connectivity index (χ4n) is 7.82. The van der Waals surface area contributed by atoms with Crippen molar-refractivity contribution in [3.05, 3.63) is 206 Å². The highest BCUT2D eigenvalue weighted by Gasteiger charge is 2.16. The zero-order valence-electron chi connectivity index (χ0n) is 29.5. The molecule has 2 nitrogen and oxygen atoms in total. The van der Waals surface area contributed by atoms with Crippen molar-refractivity contribution in [1.82, 2.24) is 9.97 Å². The molecule has 0 spiro atoms. The van der Waals surface area contributed by atoms with Gasteiger partial charge in [-0.05, 0) is 77.8 Å². The van der Waals surface area contributed by atoms with Gasteiger partial charge in [0.15, 0.2) is 5.82 Å². The third kappa shape index (κ3) is 5.71. The zero-order chi connectivity index (χ0) is 35.8. The second-order valence-electron chi connectivity index (χ2n) is 13.7. The van der Waals surface area contributed by atoms with E-state index in [4.69, 9.17) is 9.97 Å². The minimum atomic E-state index is 0.695. The Labute approximate surface area is 314 Å². The van der Waals surface area contributed by atoms with Gasteiger partial charge in [-0.15, -0.1) is 0 Å². The van der Waals surface area contributed by atoms with E-state index in [-0.39, 0.29) is 0 Å². The van der Waals surface area contributed by atoms with Gasteiger partial charge in [0.1, 0.15) is 0 Å². The third-order valence-electron chi connectivity index (χ3n) is 10.5. The topological polar surface area (TPSA) is 25.8 Å². The molecule has 0 aliphatic carbocycles. The molecule has 10 rings (SSSR count). The van der Waals surface area contributed by atoms with Gasteiger partial charge in [-0.1, -0.05) is 194 Å². The molecule has 0 unspecified atom stereocenters. The summed E-state index contributed by atoms with van der Waals surface area (Å²) in [5.74, 6) is 0.695. The first-order valence-corrected chi connectivity index (χ1v) is 18.4. The van der Waals surface area contributed by atoms with Crippen molar-refractivity contribution in [1.29, 1.82) is 0 Å². The summed E-state index contributed by atoms with van der Waals surface area (Å²) >= 11 is 0. The molecule has 0 aliphatic heterocycles. The van der Waals surface area contributed by atoms with Crippen molar-refractivity contribution in [2.75, 3.05) is 0 Å². The van der Waals surface area contributed by atoms with Gasteiger partial charge >= 0.3 is 0 Å². The fourth-order valence-corrected chi connectivity index (χ4v) is 7.82. The van der Waals surface area contributed by atoms with Crippen LogP contribution in [0.2, 0.25) is 0 Å². The van der Waals surface area contributed by atoms with Crippen LogP contribution in [-0.4, -0.2) is 9.97 Å². The minimum absolute atomic E-state index is 0.695. The summed E-state index contributed by atoms with van der Waals surface area (Å²) in [6.07, 6.45) is 0. The molecule has 54 heavy (non-hydrogen) atoms. The number of nitrogens with zero attached hydrogens (tertiary/aromatic N) is 2. The summed E-state index contributed by atoms with van der Waals surface area (Å²) in [7, 11) is 0. The molecule has 0 saturated carbocycles. The van der Waals surface area contributed by atoms with E-state index in [1.807, 2.05) is 6.07 Å². The van der Waals surface area contributed by atoms with Gasteiger partial charge in [0.25, 0.3) is 0 Å². The Bertz CT molecular complexity index is 2950. The lowest BCUT2D eigenvalue weighted by atomic mass is 9.89. The highest BCUT2D eigenvalue weighted by atomic mass is 14.9. The predicted molar refractivity (Wildman–Crippen MR) is 227 cm³/mol. The van der Waals surface area contributed by atoms with Crippen LogP contribution in [0.3, 0.4) is 0 Å². The van der Waals surface area contributed by atoms with Crippen molar-refractivity contribution in [3.63, 3.8) is 0 Å². The monoisotopic (exact) mass is 686 g/mol. The Morgan fingerprint density at radius 3 is 1.56 bits per heavy atom. The average Bonchev–Trinajstić information content (AvgIpc) is 3.26. The van der Waals surface area contributed by atoms with Crippen molar-refractivity contribution in [2.45, 2.75) is 0 Å². The summed E-state index contributed by atoms with van der Waals surface area (Å²) in [5.41, 5.74) is 11.9. The van der Waals surface area contributed by atoms with Gasteiger partial charge in [-0.25, -0.2) is 9.97 Å². The molecule has 1 heterocycles. The van der Waals surface area contributed by atoms with Crippen LogP contribution in [0.1, 0.15) is 0 Å². The molecule has 0 N–H and O–H groups in total. The predicted octanol–water partition coefficient (Wildman–Crippen LogP) is 13.9. The molecular weight excluding hydrogens is 653 g/mol. The number of aromatic nitrogens is 2. The van der Waals surface area contributed by atoms with Crippen molar-refractivity contribution in [3.8, 4) is 67.3 Å². The van der Waals surface area contributed by atoms with E-state index in [0.29, 0.717) is 5.82 Å². The fraction of sp³-hybridized carbons (Fsp3) is 0. The first-order valence-electron chi connectivity index (χ1n) is 18.4. The summed E-state index contributed by atoms with van der Waals surface area (Å²) in [5, 5.41) is 7.53. The van der Waals surface area contributed by atoms with E-state index >= 15 is 0 Å². The van der Waals surface area contributed by atoms with Crippen LogP contribution in [-0.2, 0) is 0 Å². The molecule has 0 radical (unpaired) electrons. The number of hydrogen-bond acceptors (Lipinski definition) is 2. The van der Waals surface area contributed by atoms with Gasteiger partial charge in [-0.2, -0.15) is 0 Å². The van der Waals surface area contributed by atoms with Crippen molar-refractivity contribution in [2.24, 2.45) is 0 Å².